The predicted molar refractivity (Wildman–Crippen MR) is 92.5 cm³/mol. The fourth-order valence-electron chi connectivity index (χ4n) is 1.96. The van der Waals surface area contributed by atoms with E-state index in [4.69, 9.17) is 32.7 Å². The van der Waals surface area contributed by atoms with Crippen LogP contribution in [-0.2, 0) is 6.54 Å². The Balaban J connectivity index is 2.16. The molecule has 5 heteroatoms. The van der Waals surface area contributed by atoms with Gasteiger partial charge in [0.15, 0.2) is 11.5 Å². The van der Waals surface area contributed by atoms with Crippen LogP contribution in [0.3, 0.4) is 0 Å². The maximum atomic E-state index is 6.27. The highest BCUT2D eigenvalue weighted by Crippen LogP contribution is 2.36. The highest BCUT2D eigenvalue weighted by molar-refractivity contribution is 6.33. The Morgan fingerprint density at radius 3 is 2.64 bits per heavy atom. The van der Waals surface area contributed by atoms with E-state index in [1.165, 1.54) is 0 Å². The molecule has 0 spiro atoms. The molecule has 2 rings (SSSR count). The number of ether oxygens (including phenoxy) is 2. The number of anilines is 1. The van der Waals surface area contributed by atoms with Gasteiger partial charge in [0.05, 0.1) is 22.8 Å². The van der Waals surface area contributed by atoms with Gasteiger partial charge in [-0.2, -0.15) is 0 Å². The first-order chi connectivity index (χ1) is 10.7. The largest absolute Gasteiger partial charge is 0.493 e. The molecule has 0 aliphatic carbocycles. The number of hydrogen-bond donors (Lipinski definition) is 1. The molecular weight excluding hydrogens is 321 g/mol. The molecule has 116 valence electrons. The topological polar surface area (TPSA) is 30.5 Å². The monoisotopic (exact) mass is 337 g/mol. The number of halogens is 2. The van der Waals surface area contributed by atoms with E-state index in [1.807, 2.05) is 36.4 Å². The number of nitrogens with one attached hydrogen (secondary N) is 1. The van der Waals surface area contributed by atoms with Crippen molar-refractivity contribution in [2.45, 2.75) is 6.54 Å². The summed E-state index contributed by atoms with van der Waals surface area (Å²) in [5.74, 6) is 1.11. The lowest BCUT2D eigenvalue weighted by Crippen LogP contribution is -2.02. The number of rotatable bonds is 7. The van der Waals surface area contributed by atoms with Crippen LogP contribution in [0, 0.1) is 0 Å². The Bertz CT molecular complexity index is 659. The highest BCUT2D eigenvalue weighted by atomic mass is 35.5. The van der Waals surface area contributed by atoms with Crippen molar-refractivity contribution in [1.29, 1.82) is 0 Å². The third-order valence-corrected chi connectivity index (χ3v) is 3.60. The molecule has 0 amide bonds. The molecule has 0 bridgehead atoms. The maximum absolute atomic E-state index is 6.27. The van der Waals surface area contributed by atoms with Crippen molar-refractivity contribution in [1.82, 2.24) is 0 Å². The number of methoxy groups -OCH3 is 1. The Morgan fingerprint density at radius 2 is 1.95 bits per heavy atom. The van der Waals surface area contributed by atoms with Crippen molar-refractivity contribution in [3.63, 3.8) is 0 Å². The van der Waals surface area contributed by atoms with Gasteiger partial charge in [-0.05, 0) is 29.8 Å². The van der Waals surface area contributed by atoms with Gasteiger partial charge in [0, 0.05) is 6.54 Å². The fourth-order valence-corrected chi connectivity index (χ4v) is 2.45. The van der Waals surface area contributed by atoms with E-state index in [9.17, 15) is 0 Å². The Kier molecular flexibility index (Phi) is 5.99. The lowest BCUT2D eigenvalue weighted by molar-refractivity contribution is 0.326. The molecule has 0 saturated heterocycles. The summed E-state index contributed by atoms with van der Waals surface area (Å²) < 4.78 is 10.9. The summed E-state index contributed by atoms with van der Waals surface area (Å²) in [7, 11) is 1.58. The zero-order valence-electron chi connectivity index (χ0n) is 12.2. The summed E-state index contributed by atoms with van der Waals surface area (Å²) in [6.07, 6.45) is 1.66. The smallest absolute Gasteiger partial charge is 0.180 e. The summed E-state index contributed by atoms with van der Waals surface area (Å²) in [6, 6.07) is 11.3. The minimum atomic E-state index is 0.368. The molecule has 22 heavy (non-hydrogen) atoms. The molecule has 0 radical (unpaired) electrons. The van der Waals surface area contributed by atoms with Crippen LogP contribution in [0.2, 0.25) is 10.0 Å². The summed E-state index contributed by atoms with van der Waals surface area (Å²) in [4.78, 5) is 0. The molecule has 2 aromatic carbocycles. The maximum Gasteiger partial charge on any atom is 0.180 e. The second kappa shape index (κ2) is 7.97. The number of para-hydroxylation sites is 1. The lowest BCUT2D eigenvalue weighted by Gasteiger charge is -2.14. The van der Waals surface area contributed by atoms with Gasteiger partial charge in [-0.25, -0.2) is 0 Å². The molecule has 0 aliphatic heterocycles. The second-order valence-corrected chi connectivity index (χ2v) is 5.36. The summed E-state index contributed by atoms with van der Waals surface area (Å²) >= 11 is 12.4. The predicted octanol–water partition coefficient (Wildman–Crippen LogP) is 5.18. The first kappa shape index (κ1) is 16.5. The summed E-state index contributed by atoms with van der Waals surface area (Å²) in [5, 5.41) is 4.44. The lowest BCUT2D eigenvalue weighted by atomic mass is 10.2. The molecule has 0 unspecified atom stereocenters. The molecule has 0 atom stereocenters. The van der Waals surface area contributed by atoms with Gasteiger partial charge in [0.25, 0.3) is 0 Å². The second-order valence-electron chi connectivity index (χ2n) is 4.54. The van der Waals surface area contributed by atoms with Crippen molar-refractivity contribution in [2.24, 2.45) is 0 Å². The van der Waals surface area contributed by atoms with E-state index >= 15 is 0 Å². The van der Waals surface area contributed by atoms with Crippen LogP contribution in [-0.4, -0.2) is 13.7 Å². The van der Waals surface area contributed by atoms with Crippen LogP contribution < -0.4 is 14.8 Å². The van der Waals surface area contributed by atoms with Crippen molar-refractivity contribution in [2.75, 3.05) is 19.0 Å². The van der Waals surface area contributed by atoms with Crippen LogP contribution in [0.25, 0.3) is 0 Å². The van der Waals surface area contributed by atoms with Crippen molar-refractivity contribution >= 4 is 28.9 Å². The fraction of sp³-hybridized carbons (Fsp3) is 0.176. The molecular formula is C17H17Cl2NO2. The third-order valence-electron chi connectivity index (χ3n) is 2.99. The van der Waals surface area contributed by atoms with E-state index in [0.717, 1.165) is 11.3 Å². The van der Waals surface area contributed by atoms with Gasteiger partial charge in [-0.3, -0.25) is 0 Å². The standard InChI is InChI=1S/C17H17Cl2NO2/c1-3-8-22-17-14(19)9-12(10-16(17)21-2)11-20-15-7-5-4-6-13(15)18/h3-7,9-10,20H,1,8,11H2,2H3. The van der Waals surface area contributed by atoms with E-state index in [2.05, 4.69) is 11.9 Å². The Morgan fingerprint density at radius 1 is 1.18 bits per heavy atom. The van der Waals surface area contributed by atoms with E-state index in [-0.39, 0.29) is 0 Å². The van der Waals surface area contributed by atoms with Crippen LogP contribution in [0.4, 0.5) is 5.69 Å². The average molecular weight is 338 g/mol. The molecule has 2 aromatic rings. The van der Waals surface area contributed by atoms with Crippen LogP contribution in [0.15, 0.2) is 49.1 Å². The van der Waals surface area contributed by atoms with Gasteiger partial charge in [-0.15, -0.1) is 0 Å². The van der Waals surface area contributed by atoms with E-state index < -0.39 is 0 Å². The van der Waals surface area contributed by atoms with Crippen LogP contribution >= 0.6 is 23.2 Å². The highest BCUT2D eigenvalue weighted by Gasteiger charge is 2.12. The quantitative estimate of drug-likeness (QED) is 0.706. The molecule has 1 N–H and O–H groups in total. The molecule has 0 heterocycles. The average Bonchev–Trinajstić information content (AvgIpc) is 2.52. The first-order valence-electron chi connectivity index (χ1n) is 6.74. The van der Waals surface area contributed by atoms with Gasteiger partial charge in [0.2, 0.25) is 0 Å². The normalized spacial score (nSPS) is 10.1. The minimum absolute atomic E-state index is 0.368. The number of hydrogen-bond acceptors (Lipinski definition) is 3. The molecule has 0 fully saturated rings. The van der Waals surface area contributed by atoms with Gasteiger partial charge in [-0.1, -0.05) is 48.0 Å². The van der Waals surface area contributed by atoms with Gasteiger partial charge < -0.3 is 14.8 Å². The third kappa shape index (κ3) is 4.09. The molecule has 0 aromatic heterocycles. The Labute approximate surface area is 140 Å². The van der Waals surface area contributed by atoms with Crippen molar-refractivity contribution in [3.05, 3.63) is 64.7 Å². The van der Waals surface area contributed by atoms with Crippen LogP contribution in [0.5, 0.6) is 11.5 Å². The first-order valence-corrected chi connectivity index (χ1v) is 7.49. The SMILES string of the molecule is C=CCOc1c(Cl)cc(CNc2ccccc2Cl)cc1OC. The summed E-state index contributed by atoms with van der Waals surface area (Å²) in [6.45, 7) is 4.56. The van der Waals surface area contributed by atoms with Crippen molar-refractivity contribution < 1.29 is 9.47 Å². The van der Waals surface area contributed by atoms with E-state index in [1.54, 1.807) is 13.2 Å². The zero-order chi connectivity index (χ0) is 15.9. The van der Waals surface area contributed by atoms with Gasteiger partial charge >= 0.3 is 0 Å². The van der Waals surface area contributed by atoms with Gasteiger partial charge in [0.1, 0.15) is 6.61 Å². The van der Waals surface area contributed by atoms with Crippen LogP contribution in [0.1, 0.15) is 5.56 Å². The molecule has 0 aliphatic rings. The van der Waals surface area contributed by atoms with Crippen molar-refractivity contribution in [3.8, 4) is 11.5 Å². The number of benzene rings is 2. The summed E-state index contributed by atoms with van der Waals surface area (Å²) in [5.41, 5.74) is 1.83. The Hall–Kier alpha value is -1.84. The van der Waals surface area contributed by atoms with E-state index in [0.29, 0.717) is 34.7 Å². The zero-order valence-corrected chi connectivity index (χ0v) is 13.7. The molecule has 3 nitrogen and oxygen atoms in total. The molecule has 0 saturated carbocycles. The minimum Gasteiger partial charge on any atom is -0.493 e.